The average molecular weight is 489 g/mol. The minimum absolute atomic E-state index is 0.0297. The zero-order valence-electron chi connectivity index (χ0n) is 20.0. The molecule has 9 heteroatoms. The number of hydrogen-bond donors (Lipinski definition) is 2. The Bertz CT molecular complexity index is 1210. The van der Waals surface area contributed by atoms with E-state index in [0.717, 1.165) is 22.6 Å². The second kappa shape index (κ2) is 11.8. The molecule has 186 valence electrons. The van der Waals surface area contributed by atoms with Gasteiger partial charge in [-0.2, -0.15) is 5.10 Å². The first-order valence-corrected chi connectivity index (χ1v) is 11.7. The standard InChI is InChI=1S/C27H28N4O5/c1-35-21-11-9-20(10-12-21)24-16-23(19-6-3-2-4-7-19)30-31(24)27(34)14-13-25(32)29-18-26(33)28-17-22-8-5-15-36-22/h2-12,15,24H,13-14,16-18H2,1H3,(H,28,33)(H,29,32). The van der Waals surface area contributed by atoms with E-state index in [1.165, 1.54) is 11.3 Å². The van der Waals surface area contributed by atoms with Gasteiger partial charge in [-0.15, -0.1) is 0 Å². The highest BCUT2D eigenvalue weighted by atomic mass is 16.5. The maximum Gasteiger partial charge on any atom is 0.243 e. The van der Waals surface area contributed by atoms with E-state index in [1.54, 1.807) is 19.2 Å². The maximum atomic E-state index is 13.1. The molecule has 0 aliphatic carbocycles. The van der Waals surface area contributed by atoms with Gasteiger partial charge in [-0.25, -0.2) is 5.01 Å². The number of ether oxygens (including phenoxy) is 1. The first-order chi connectivity index (χ1) is 17.5. The number of nitrogens with zero attached hydrogens (tertiary/aromatic N) is 2. The Hall–Kier alpha value is -4.40. The summed E-state index contributed by atoms with van der Waals surface area (Å²) < 4.78 is 10.4. The zero-order valence-corrected chi connectivity index (χ0v) is 20.0. The fourth-order valence-electron chi connectivity index (χ4n) is 3.89. The van der Waals surface area contributed by atoms with Crippen LogP contribution in [0.5, 0.6) is 5.75 Å². The van der Waals surface area contributed by atoms with Crippen LogP contribution < -0.4 is 15.4 Å². The summed E-state index contributed by atoms with van der Waals surface area (Å²) in [6.45, 7) is 0.0614. The van der Waals surface area contributed by atoms with E-state index >= 15 is 0 Å². The highest BCUT2D eigenvalue weighted by Crippen LogP contribution is 2.34. The predicted molar refractivity (Wildman–Crippen MR) is 133 cm³/mol. The summed E-state index contributed by atoms with van der Waals surface area (Å²) in [7, 11) is 1.60. The third-order valence-electron chi connectivity index (χ3n) is 5.83. The van der Waals surface area contributed by atoms with Crippen LogP contribution in [-0.4, -0.2) is 42.1 Å². The Labute approximate surface area is 209 Å². The Morgan fingerprint density at radius 2 is 1.75 bits per heavy atom. The van der Waals surface area contributed by atoms with E-state index in [4.69, 9.17) is 9.15 Å². The fraction of sp³-hybridized carbons (Fsp3) is 0.259. The van der Waals surface area contributed by atoms with Crippen molar-refractivity contribution >= 4 is 23.4 Å². The van der Waals surface area contributed by atoms with E-state index in [0.29, 0.717) is 12.2 Å². The van der Waals surface area contributed by atoms with Crippen molar-refractivity contribution in [2.75, 3.05) is 13.7 Å². The molecule has 1 aliphatic heterocycles. The van der Waals surface area contributed by atoms with Crippen molar-refractivity contribution < 1.29 is 23.5 Å². The lowest BCUT2D eigenvalue weighted by Gasteiger charge is -2.22. The van der Waals surface area contributed by atoms with Gasteiger partial charge in [0, 0.05) is 19.3 Å². The van der Waals surface area contributed by atoms with Crippen LogP contribution in [0.4, 0.5) is 0 Å². The van der Waals surface area contributed by atoms with Crippen LogP contribution in [-0.2, 0) is 20.9 Å². The van der Waals surface area contributed by atoms with Crippen LogP contribution in [0.1, 0.15) is 42.2 Å². The molecule has 1 unspecified atom stereocenters. The van der Waals surface area contributed by atoms with Crippen LogP contribution in [0.15, 0.2) is 82.5 Å². The van der Waals surface area contributed by atoms with Crippen LogP contribution in [0, 0.1) is 0 Å². The monoisotopic (exact) mass is 488 g/mol. The van der Waals surface area contributed by atoms with Crippen molar-refractivity contribution in [1.82, 2.24) is 15.6 Å². The first kappa shape index (κ1) is 24.7. The first-order valence-electron chi connectivity index (χ1n) is 11.7. The van der Waals surface area contributed by atoms with Gasteiger partial charge in [0.05, 0.1) is 38.2 Å². The van der Waals surface area contributed by atoms with E-state index < -0.39 is 0 Å². The molecule has 0 spiro atoms. The molecule has 2 heterocycles. The van der Waals surface area contributed by atoms with Gasteiger partial charge >= 0.3 is 0 Å². The quantitative estimate of drug-likeness (QED) is 0.455. The minimum Gasteiger partial charge on any atom is -0.497 e. The Kier molecular flexibility index (Phi) is 8.12. The van der Waals surface area contributed by atoms with E-state index in [-0.39, 0.29) is 49.7 Å². The van der Waals surface area contributed by atoms with Gasteiger partial charge in [-0.3, -0.25) is 14.4 Å². The van der Waals surface area contributed by atoms with Crippen LogP contribution >= 0.6 is 0 Å². The SMILES string of the molecule is COc1ccc(C2CC(c3ccccc3)=NN2C(=O)CCC(=O)NCC(=O)NCc2ccco2)cc1. The average Bonchev–Trinajstić information content (AvgIpc) is 3.60. The van der Waals surface area contributed by atoms with E-state index in [2.05, 4.69) is 15.7 Å². The summed E-state index contributed by atoms with van der Waals surface area (Å²) >= 11 is 0. The third-order valence-corrected chi connectivity index (χ3v) is 5.83. The van der Waals surface area contributed by atoms with Crippen molar-refractivity contribution in [3.8, 4) is 5.75 Å². The van der Waals surface area contributed by atoms with Crippen LogP contribution in [0.25, 0.3) is 0 Å². The number of methoxy groups -OCH3 is 1. The Morgan fingerprint density at radius 1 is 0.972 bits per heavy atom. The number of rotatable bonds is 10. The van der Waals surface area contributed by atoms with Crippen molar-refractivity contribution in [3.63, 3.8) is 0 Å². The fourth-order valence-corrected chi connectivity index (χ4v) is 3.89. The third kappa shape index (κ3) is 6.38. The van der Waals surface area contributed by atoms with Gasteiger partial charge in [0.15, 0.2) is 0 Å². The molecule has 0 radical (unpaired) electrons. The van der Waals surface area contributed by atoms with Crippen molar-refractivity contribution in [2.45, 2.75) is 31.8 Å². The minimum atomic E-state index is -0.385. The van der Waals surface area contributed by atoms with E-state index in [1.807, 2.05) is 54.6 Å². The number of nitrogens with one attached hydrogen (secondary N) is 2. The molecular formula is C27H28N4O5. The number of carbonyl (C=O) groups excluding carboxylic acids is 3. The molecule has 1 aromatic heterocycles. The van der Waals surface area contributed by atoms with Crippen molar-refractivity contribution in [2.24, 2.45) is 5.10 Å². The zero-order chi connectivity index (χ0) is 25.3. The molecule has 0 fully saturated rings. The second-order valence-electron chi connectivity index (χ2n) is 8.28. The summed E-state index contributed by atoms with van der Waals surface area (Å²) in [5.74, 6) is 0.349. The molecule has 1 aliphatic rings. The highest BCUT2D eigenvalue weighted by Gasteiger charge is 2.33. The Balaban J connectivity index is 1.34. The number of carbonyl (C=O) groups is 3. The Morgan fingerprint density at radius 3 is 2.44 bits per heavy atom. The van der Waals surface area contributed by atoms with Gasteiger partial charge in [0.1, 0.15) is 11.5 Å². The highest BCUT2D eigenvalue weighted by molar-refractivity contribution is 6.03. The lowest BCUT2D eigenvalue weighted by Crippen LogP contribution is -2.37. The second-order valence-corrected chi connectivity index (χ2v) is 8.28. The van der Waals surface area contributed by atoms with Gasteiger partial charge in [-0.05, 0) is 35.4 Å². The molecule has 36 heavy (non-hydrogen) atoms. The molecule has 2 aromatic carbocycles. The normalized spacial score (nSPS) is 14.8. The van der Waals surface area contributed by atoms with Crippen molar-refractivity contribution in [1.29, 1.82) is 0 Å². The lowest BCUT2D eigenvalue weighted by atomic mass is 9.98. The molecule has 0 saturated carbocycles. The number of benzene rings is 2. The molecule has 0 bridgehead atoms. The summed E-state index contributed by atoms with van der Waals surface area (Å²) in [6, 6.07) is 20.4. The maximum absolute atomic E-state index is 13.1. The molecule has 3 aromatic rings. The van der Waals surface area contributed by atoms with Crippen molar-refractivity contribution in [3.05, 3.63) is 89.9 Å². The summed E-state index contributed by atoms with van der Waals surface area (Å²) in [5.41, 5.74) is 2.68. The molecular weight excluding hydrogens is 460 g/mol. The number of hydrogen-bond acceptors (Lipinski definition) is 6. The number of hydrazone groups is 1. The largest absolute Gasteiger partial charge is 0.497 e. The predicted octanol–water partition coefficient (Wildman–Crippen LogP) is 3.18. The molecule has 3 amide bonds. The van der Waals surface area contributed by atoms with Gasteiger partial charge in [0.25, 0.3) is 0 Å². The molecule has 0 saturated heterocycles. The van der Waals surface area contributed by atoms with Gasteiger partial charge in [-0.1, -0.05) is 42.5 Å². The molecule has 2 N–H and O–H groups in total. The van der Waals surface area contributed by atoms with Crippen LogP contribution in [0.3, 0.4) is 0 Å². The van der Waals surface area contributed by atoms with Gasteiger partial charge in [0.2, 0.25) is 17.7 Å². The van der Waals surface area contributed by atoms with Gasteiger partial charge < -0.3 is 19.8 Å². The topological polar surface area (TPSA) is 113 Å². The molecule has 1 atom stereocenters. The summed E-state index contributed by atoms with van der Waals surface area (Å²) in [5, 5.41) is 11.3. The summed E-state index contributed by atoms with van der Waals surface area (Å²) in [6.07, 6.45) is 2.00. The number of furan rings is 1. The van der Waals surface area contributed by atoms with Crippen LogP contribution in [0.2, 0.25) is 0 Å². The lowest BCUT2D eigenvalue weighted by molar-refractivity contribution is -0.135. The molecule has 9 nitrogen and oxygen atoms in total. The number of amides is 3. The molecule has 4 rings (SSSR count). The smallest absolute Gasteiger partial charge is 0.243 e. The summed E-state index contributed by atoms with van der Waals surface area (Å²) in [4.78, 5) is 37.3. The van der Waals surface area contributed by atoms with E-state index in [9.17, 15) is 14.4 Å².